The lowest BCUT2D eigenvalue weighted by atomic mass is 9.95. The first-order valence-electron chi connectivity index (χ1n) is 8.96. The fourth-order valence-electron chi connectivity index (χ4n) is 4.12. The minimum atomic E-state index is 0.350. The van der Waals surface area contributed by atoms with Gasteiger partial charge in [-0.1, -0.05) is 0 Å². The Morgan fingerprint density at radius 1 is 1.12 bits per heavy atom. The van der Waals surface area contributed by atoms with E-state index in [1.165, 1.54) is 19.4 Å². The Hall–Kier alpha value is -1.73. The molecule has 0 aromatic carbocycles. The zero-order valence-electron chi connectivity index (χ0n) is 14.5. The van der Waals surface area contributed by atoms with Crippen molar-refractivity contribution in [3.8, 4) is 0 Å². The molecule has 7 nitrogen and oxygen atoms in total. The number of hydrogen-bond acceptors (Lipinski definition) is 6. The van der Waals surface area contributed by atoms with Crippen molar-refractivity contribution in [3.63, 3.8) is 0 Å². The minimum absolute atomic E-state index is 0.350. The first-order chi connectivity index (χ1) is 11.7. The normalized spacial score (nSPS) is 27.0. The Balaban J connectivity index is 1.36. The Morgan fingerprint density at radius 3 is 2.62 bits per heavy atom. The number of ether oxygens (including phenoxy) is 1. The van der Waals surface area contributed by atoms with E-state index in [4.69, 9.17) is 4.74 Å². The second-order valence-corrected chi connectivity index (χ2v) is 7.20. The molecule has 4 rings (SSSR count). The van der Waals surface area contributed by atoms with Crippen LogP contribution in [0.3, 0.4) is 0 Å². The van der Waals surface area contributed by atoms with Crippen LogP contribution >= 0.6 is 0 Å². The fraction of sp³-hybridized carbons (Fsp3) is 0.706. The molecular weight excluding hydrogens is 304 g/mol. The molecule has 130 valence electrons. The van der Waals surface area contributed by atoms with Crippen LogP contribution in [-0.2, 0) is 4.74 Å². The number of aromatic nitrogens is 4. The van der Waals surface area contributed by atoms with E-state index in [2.05, 4.69) is 43.6 Å². The van der Waals surface area contributed by atoms with Crippen LogP contribution in [0.5, 0.6) is 0 Å². The van der Waals surface area contributed by atoms with Gasteiger partial charge >= 0.3 is 0 Å². The zero-order valence-corrected chi connectivity index (χ0v) is 14.5. The highest BCUT2D eigenvalue weighted by Gasteiger charge is 2.27. The minimum Gasteiger partial charge on any atom is -0.373 e. The van der Waals surface area contributed by atoms with Crippen molar-refractivity contribution in [2.75, 3.05) is 37.6 Å². The van der Waals surface area contributed by atoms with Crippen LogP contribution in [0.25, 0.3) is 11.2 Å². The molecule has 2 aromatic rings. The Kier molecular flexibility index (Phi) is 4.37. The highest BCUT2D eigenvalue weighted by molar-refractivity contribution is 5.82. The number of piperidine rings is 1. The Bertz CT molecular complexity index is 671. The molecule has 1 N–H and O–H groups in total. The fourth-order valence-corrected chi connectivity index (χ4v) is 4.12. The highest BCUT2D eigenvalue weighted by atomic mass is 16.5. The van der Waals surface area contributed by atoms with E-state index in [-0.39, 0.29) is 0 Å². The van der Waals surface area contributed by atoms with Crippen molar-refractivity contribution >= 4 is 17.0 Å². The van der Waals surface area contributed by atoms with Crippen LogP contribution < -0.4 is 4.90 Å². The quantitative estimate of drug-likeness (QED) is 0.923. The van der Waals surface area contributed by atoms with E-state index < -0.39 is 0 Å². The number of rotatable bonds is 3. The van der Waals surface area contributed by atoms with Crippen molar-refractivity contribution in [2.24, 2.45) is 5.92 Å². The summed E-state index contributed by atoms with van der Waals surface area (Å²) in [7, 11) is 0. The molecule has 0 radical (unpaired) electrons. The van der Waals surface area contributed by atoms with Gasteiger partial charge in [-0.2, -0.15) is 0 Å². The summed E-state index contributed by atoms with van der Waals surface area (Å²) in [5.74, 6) is 1.75. The highest BCUT2D eigenvalue weighted by Crippen LogP contribution is 2.26. The summed E-state index contributed by atoms with van der Waals surface area (Å²) < 4.78 is 5.84. The summed E-state index contributed by atoms with van der Waals surface area (Å²) in [6.07, 6.45) is 6.42. The van der Waals surface area contributed by atoms with Crippen molar-refractivity contribution in [1.29, 1.82) is 0 Å². The van der Waals surface area contributed by atoms with Gasteiger partial charge < -0.3 is 14.6 Å². The molecule has 2 saturated heterocycles. The van der Waals surface area contributed by atoms with Crippen LogP contribution in [0, 0.1) is 5.92 Å². The summed E-state index contributed by atoms with van der Waals surface area (Å²) in [6.45, 7) is 9.76. The van der Waals surface area contributed by atoms with E-state index in [1.54, 1.807) is 12.7 Å². The summed E-state index contributed by atoms with van der Waals surface area (Å²) in [6, 6.07) is 0. The van der Waals surface area contributed by atoms with Crippen molar-refractivity contribution < 1.29 is 4.74 Å². The second-order valence-electron chi connectivity index (χ2n) is 7.20. The predicted octanol–water partition coefficient (Wildman–Crippen LogP) is 1.68. The van der Waals surface area contributed by atoms with Gasteiger partial charge in [0, 0.05) is 32.7 Å². The maximum absolute atomic E-state index is 5.84. The molecule has 24 heavy (non-hydrogen) atoms. The lowest BCUT2D eigenvalue weighted by molar-refractivity contribution is -0.0720. The molecule has 7 heteroatoms. The number of nitrogens with one attached hydrogen (secondary N) is 1. The number of morpholine rings is 1. The van der Waals surface area contributed by atoms with E-state index >= 15 is 0 Å². The maximum atomic E-state index is 5.84. The summed E-state index contributed by atoms with van der Waals surface area (Å²) >= 11 is 0. The average molecular weight is 330 g/mol. The lowest BCUT2D eigenvalue weighted by Gasteiger charge is -2.39. The number of anilines is 1. The van der Waals surface area contributed by atoms with Crippen molar-refractivity contribution in [3.05, 3.63) is 12.7 Å². The number of hydrogen-bond donors (Lipinski definition) is 1. The number of nitrogens with zero attached hydrogens (tertiary/aromatic N) is 5. The molecule has 0 amide bonds. The van der Waals surface area contributed by atoms with Crippen LogP contribution in [0.4, 0.5) is 5.82 Å². The average Bonchev–Trinajstić information content (AvgIpc) is 3.03. The van der Waals surface area contributed by atoms with Crippen LogP contribution in [0.2, 0.25) is 0 Å². The van der Waals surface area contributed by atoms with Gasteiger partial charge in [0.15, 0.2) is 11.5 Å². The van der Waals surface area contributed by atoms with Gasteiger partial charge in [0.05, 0.1) is 18.5 Å². The van der Waals surface area contributed by atoms with Crippen molar-refractivity contribution in [2.45, 2.75) is 38.9 Å². The number of aromatic amines is 1. The summed E-state index contributed by atoms with van der Waals surface area (Å²) in [5.41, 5.74) is 1.70. The number of fused-ring (bicyclic) bond motifs is 1. The smallest absolute Gasteiger partial charge is 0.182 e. The molecule has 2 atom stereocenters. The van der Waals surface area contributed by atoms with E-state index in [0.29, 0.717) is 12.2 Å². The first-order valence-corrected chi connectivity index (χ1v) is 8.96. The number of H-pyrrole nitrogens is 1. The molecule has 0 aliphatic carbocycles. The van der Waals surface area contributed by atoms with Crippen LogP contribution in [-0.4, -0.2) is 69.8 Å². The second kappa shape index (κ2) is 6.64. The van der Waals surface area contributed by atoms with Crippen molar-refractivity contribution in [1.82, 2.24) is 24.8 Å². The molecule has 0 spiro atoms. The zero-order chi connectivity index (χ0) is 16.5. The largest absolute Gasteiger partial charge is 0.373 e. The molecule has 2 aromatic heterocycles. The third kappa shape index (κ3) is 3.23. The maximum Gasteiger partial charge on any atom is 0.182 e. The molecule has 0 bridgehead atoms. The van der Waals surface area contributed by atoms with Gasteiger partial charge in [-0.25, -0.2) is 15.0 Å². The van der Waals surface area contributed by atoms with Gasteiger partial charge in [0.2, 0.25) is 0 Å². The van der Waals surface area contributed by atoms with E-state index in [9.17, 15) is 0 Å². The number of imidazole rings is 1. The van der Waals surface area contributed by atoms with Gasteiger partial charge in [-0.05, 0) is 32.6 Å². The standard InChI is InChI=1S/C17H26N6O/c1-12-7-22(8-13(2)24-12)9-14-3-5-23(6-4-14)17-15-16(19-10-18-15)20-11-21-17/h10-14H,3-9H2,1-2H3,(H,18,19,20,21). The topological polar surface area (TPSA) is 70.2 Å². The molecule has 2 aliphatic rings. The lowest BCUT2D eigenvalue weighted by Crippen LogP contribution is -2.48. The predicted molar refractivity (Wildman–Crippen MR) is 93.1 cm³/mol. The van der Waals surface area contributed by atoms with Crippen LogP contribution in [0.15, 0.2) is 12.7 Å². The first kappa shape index (κ1) is 15.8. The Labute approximate surface area is 142 Å². The van der Waals surface area contributed by atoms with Gasteiger partial charge in [0.1, 0.15) is 11.8 Å². The Morgan fingerprint density at radius 2 is 1.88 bits per heavy atom. The van der Waals surface area contributed by atoms with Gasteiger partial charge in [-0.15, -0.1) is 0 Å². The third-order valence-corrected chi connectivity index (χ3v) is 5.13. The molecule has 2 fully saturated rings. The molecule has 2 aliphatic heterocycles. The van der Waals surface area contributed by atoms with Gasteiger partial charge in [0.25, 0.3) is 0 Å². The molecule has 0 saturated carbocycles. The summed E-state index contributed by atoms with van der Waals surface area (Å²) in [4.78, 5) is 21.0. The van der Waals surface area contributed by atoms with Gasteiger partial charge in [-0.3, -0.25) is 4.90 Å². The van der Waals surface area contributed by atoms with E-state index in [1.807, 2.05) is 0 Å². The summed E-state index contributed by atoms with van der Waals surface area (Å²) in [5, 5.41) is 0. The SMILES string of the molecule is CC1CN(CC2CCN(c3ncnc4nc[nH]c34)CC2)CC(C)O1. The monoisotopic (exact) mass is 330 g/mol. The van der Waals surface area contributed by atoms with Crippen LogP contribution in [0.1, 0.15) is 26.7 Å². The molecular formula is C17H26N6O. The van der Waals surface area contributed by atoms with E-state index in [0.717, 1.165) is 49.1 Å². The molecule has 4 heterocycles. The third-order valence-electron chi connectivity index (χ3n) is 5.13. The molecule has 2 unspecified atom stereocenters.